The number of hydrogen-bond acceptors (Lipinski definition) is 4. The Morgan fingerprint density at radius 3 is 2.37 bits per heavy atom. The zero-order valence-corrected chi connectivity index (χ0v) is 18.9. The highest BCUT2D eigenvalue weighted by molar-refractivity contribution is 7.91. The molecule has 0 atom stereocenters. The molecule has 3 rings (SSSR count). The Balaban J connectivity index is 1.75. The molecule has 30 heavy (non-hydrogen) atoms. The minimum Gasteiger partial charge on any atom is -0.342 e. The van der Waals surface area contributed by atoms with Crippen molar-refractivity contribution in [3.05, 3.63) is 57.6 Å². The van der Waals surface area contributed by atoms with Crippen LogP contribution in [0.15, 0.2) is 41.3 Å². The minimum atomic E-state index is -3.58. The normalized spacial score (nSPS) is 15.2. The topological polar surface area (TPSA) is 92.3 Å². The third-order valence-electron chi connectivity index (χ3n) is 5.27. The van der Waals surface area contributed by atoms with Crippen LogP contribution in [0.1, 0.15) is 30.4 Å². The summed E-state index contributed by atoms with van der Waals surface area (Å²) in [5.41, 5.74) is 0.835. The molecule has 0 saturated heterocycles. The molecule has 1 aliphatic rings. The van der Waals surface area contributed by atoms with Gasteiger partial charge in [-0.15, -0.1) is 0 Å². The third kappa shape index (κ3) is 4.96. The fourth-order valence-corrected chi connectivity index (χ4v) is 5.35. The summed E-state index contributed by atoms with van der Waals surface area (Å²) < 4.78 is 24.2. The fraction of sp³-hybridized carbons (Fsp3) is 0.333. The quantitative estimate of drug-likeness (QED) is 0.650. The van der Waals surface area contributed by atoms with E-state index in [1.807, 2.05) is 6.07 Å². The molecule has 0 aromatic heterocycles. The number of carbonyl (C=O) groups is 2. The lowest BCUT2D eigenvalue weighted by Gasteiger charge is -2.42. The Morgan fingerprint density at radius 1 is 1.10 bits per heavy atom. The molecular formula is C21H22Cl2N2O4S. The highest BCUT2D eigenvalue weighted by Gasteiger charge is 2.40. The molecular weight excluding hydrogens is 447 g/mol. The monoisotopic (exact) mass is 468 g/mol. The molecule has 1 saturated carbocycles. The van der Waals surface area contributed by atoms with E-state index in [1.165, 1.54) is 6.07 Å². The van der Waals surface area contributed by atoms with Gasteiger partial charge in [-0.3, -0.25) is 9.59 Å². The van der Waals surface area contributed by atoms with Gasteiger partial charge >= 0.3 is 11.8 Å². The van der Waals surface area contributed by atoms with Crippen molar-refractivity contribution < 1.29 is 18.0 Å². The molecule has 2 amide bonds. The second kappa shape index (κ2) is 8.57. The highest BCUT2D eigenvalue weighted by Crippen LogP contribution is 2.37. The zero-order chi connectivity index (χ0) is 22.1. The molecule has 0 heterocycles. The van der Waals surface area contributed by atoms with Crippen molar-refractivity contribution in [2.75, 3.05) is 11.6 Å². The molecule has 2 aromatic rings. The Morgan fingerprint density at radius 2 is 1.80 bits per heavy atom. The predicted molar refractivity (Wildman–Crippen MR) is 118 cm³/mol. The lowest BCUT2D eigenvalue weighted by molar-refractivity contribution is -0.138. The molecule has 2 N–H and O–H groups in total. The van der Waals surface area contributed by atoms with Crippen molar-refractivity contribution in [3.8, 4) is 0 Å². The minimum absolute atomic E-state index is 0.00236. The summed E-state index contributed by atoms with van der Waals surface area (Å²) in [6.07, 6.45) is 3.88. The van der Waals surface area contributed by atoms with Gasteiger partial charge in [0.2, 0.25) is 0 Å². The zero-order valence-electron chi connectivity index (χ0n) is 16.6. The van der Waals surface area contributed by atoms with E-state index in [-0.39, 0.29) is 10.6 Å². The van der Waals surface area contributed by atoms with Gasteiger partial charge in [0.15, 0.2) is 9.84 Å². The fourth-order valence-electron chi connectivity index (χ4n) is 3.70. The van der Waals surface area contributed by atoms with Crippen molar-refractivity contribution in [2.45, 2.75) is 43.0 Å². The molecule has 0 spiro atoms. The molecule has 1 fully saturated rings. The van der Waals surface area contributed by atoms with Gasteiger partial charge in [-0.2, -0.15) is 0 Å². The van der Waals surface area contributed by atoms with Gasteiger partial charge in [0.05, 0.1) is 10.6 Å². The smallest absolute Gasteiger partial charge is 0.313 e. The first-order chi connectivity index (χ1) is 14.0. The molecule has 0 unspecified atom stereocenters. The van der Waals surface area contributed by atoms with Crippen molar-refractivity contribution >= 4 is 50.5 Å². The lowest BCUT2D eigenvalue weighted by Crippen LogP contribution is -2.57. The SMILES string of the molecule is Cc1cccc(NC(=O)C(=O)NC2(Cc3ccc(Cl)cc3Cl)CCC2)c1S(C)(=O)=O. The number of anilines is 1. The Hall–Kier alpha value is -2.09. The van der Waals surface area contributed by atoms with Crippen molar-refractivity contribution in [1.29, 1.82) is 0 Å². The van der Waals surface area contributed by atoms with E-state index in [2.05, 4.69) is 10.6 Å². The number of halogens is 2. The van der Waals surface area contributed by atoms with E-state index >= 15 is 0 Å². The Labute approximate surface area is 185 Å². The summed E-state index contributed by atoms with van der Waals surface area (Å²) in [7, 11) is -3.58. The molecule has 160 valence electrons. The van der Waals surface area contributed by atoms with Crippen LogP contribution in [0.3, 0.4) is 0 Å². The maximum atomic E-state index is 12.6. The van der Waals surface area contributed by atoms with Gasteiger partial charge in [-0.25, -0.2) is 8.42 Å². The summed E-state index contributed by atoms with van der Waals surface area (Å²) in [4.78, 5) is 25.1. The molecule has 6 nitrogen and oxygen atoms in total. The van der Waals surface area contributed by atoms with Crippen LogP contribution >= 0.6 is 23.2 Å². The van der Waals surface area contributed by atoms with E-state index < -0.39 is 27.2 Å². The lowest BCUT2D eigenvalue weighted by atomic mass is 9.72. The van der Waals surface area contributed by atoms with Crippen LogP contribution in [0.2, 0.25) is 10.0 Å². The van der Waals surface area contributed by atoms with Crippen molar-refractivity contribution in [2.24, 2.45) is 0 Å². The molecule has 0 aliphatic heterocycles. The van der Waals surface area contributed by atoms with Crippen molar-refractivity contribution in [1.82, 2.24) is 5.32 Å². The summed E-state index contributed by atoms with van der Waals surface area (Å²) in [6, 6.07) is 9.89. The van der Waals surface area contributed by atoms with E-state index in [9.17, 15) is 18.0 Å². The van der Waals surface area contributed by atoms with Crippen LogP contribution in [-0.4, -0.2) is 32.0 Å². The first kappa shape index (κ1) is 22.6. The van der Waals surface area contributed by atoms with Gasteiger partial charge in [-0.1, -0.05) is 41.4 Å². The van der Waals surface area contributed by atoms with Crippen molar-refractivity contribution in [3.63, 3.8) is 0 Å². The molecule has 2 aromatic carbocycles. The van der Waals surface area contributed by atoms with Crippen LogP contribution in [-0.2, 0) is 25.8 Å². The van der Waals surface area contributed by atoms with Gasteiger partial charge in [0.1, 0.15) is 0 Å². The number of hydrogen-bond donors (Lipinski definition) is 2. The number of sulfone groups is 1. The average molecular weight is 469 g/mol. The Kier molecular flexibility index (Phi) is 6.45. The standard InChI is InChI=1S/C21H22Cl2N2O4S/c1-13-5-3-6-17(18(13)30(2,28)29)24-19(26)20(27)25-21(9-4-10-21)12-14-7-8-15(22)11-16(14)23/h3,5-8,11H,4,9-10,12H2,1-2H3,(H,24,26)(H,25,27). The van der Waals surface area contributed by atoms with Gasteiger partial charge in [0.25, 0.3) is 0 Å². The first-order valence-electron chi connectivity index (χ1n) is 9.38. The van der Waals surface area contributed by atoms with Crippen LogP contribution in [0, 0.1) is 6.92 Å². The maximum absolute atomic E-state index is 12.6. The van der Waals surface area contributed by atoms with E-state index in [0.29, 0.717) is 34.9 Å². The number of aryl methyl sites for hydroxylation is 1. The summed E-state index contributed by atoms with van der Waals surface area (Å²) in [5, 5.41) is 6.29. The van der Waals surface area contributed by atoms with Gasteiger partial charge in [-0.05, 0) is 61.9 Å². The molecule has 0 bridgehead atoms. The van der Waals surface area contributed by atoms with Crippen LogP contribution in [0.4, 0.5) is 5.69 Å². The number of amides is 2. The van der Waals surface area contributed by atoms with Crippen LogP contribution < -0.4 is 10.6 Å². The largest absolute Gasteiger partial charge is 0.342 e. The maximum Gasteiger partial charge on any atom is 0.313 e. The number of nitrogens with one attached hydrogen (secondary N) is 2. The molecule has 9 heteroatoms. The molecule has 0 radical (unpaired) electrons. The van der Waals surface area contributed by atoms with E-state index in [4.69, 9.17) is 23.2 Å². The number of carbonyl (C=O) groups excluding carboxylic acids is 2. The number of benzene rings is 2. The van der Waals surface area contributed by atoms with E-state index in [0.717, 1.165) is 18.2 Å². The second-order valence-corrected chi connectivity index (χ2v) is 10.5. The summed E-state index contributed by atoms with van der Waals surface area (Å²) in [6.45, 7) is 1.63. The van der Waals surface area contributed by atoms with Gasteiger partial charge in [0, 0.05) is 21.8 Å². The highest BCUT2D eigenvalue weighted by atomic mass is 35.5. The number of rotatable bonds is 5. The van der Waals surface area contributed by atoms with Gasteiger partial charge < -0.3 is 10.6 Å². The molecule has 1 aliphatic carbocycles. The predicted octanol–water partition coefficient (Wildman–Crippen LogP) is 3.93. The van der Waals surface area contributed by atoms with E-state index in [1.54, 1.807) is 31.2 Å². The first-order valence-corrected chi connectivity index (χ1v) is 12.0. The van der Waals surface area contributed by atoms with Crippen LogP contribution in [0.25, 0.3) is 0 Å². The average Bonchev–Trinajstić information content (AvgIpc) is 2.60. The van der Waals surface area contributed by atoms with Crippen LogP contribution in [0.5, 0.6) is 0 Å². The summed E-state index contributed by atoms with van der Waals surface area (Å²) >= 11 is 12.2. The Bertz CT molecular complexity index is 1110. The second-order valence-electron chi connectivity index (χ2n) is 7.68. The third-order valence-corrected chi connectivity index (χ3v) is 7.14. The summed E-state index contributed by atoms with van der Waals surface area (Å²) in [5.74, 6) is -1.74.